The summed E-state index contributed by atoms with van der Waals surface area (Å²) in [6, 6.07) is 16.7. The molecule has 0 amide bonds. The highest BCUT2D eigenvalue weighted by Gasteiger charge is 2.33. The monoisotopic (exact) mass is 326 g/mol. The smallest absolute Gasteiger partial charge is 0.338 e. The highest BCUT2D eigenvalue weighted by Crippen LogP contribution is 2.57. The molecule has 21 heavy (non-hydrogen) atoms. The Bertz CT molecular complexity index is 672. The fraction of sp³-hybridized carbons (Fsp3) is 0.143. The molecule has 0 aliphatic heterocycles. The summed E-state index contributed by atoms with van der Waals surface area (Å²) in [6.07, 6.45) is 0. The Balaban J connectivity index is 2.03. The van der Waals surface area contributed by atoms with Gasteiger partial charge in [0, 0.05) is 5.30 Å². The van der Waals surface area contributed by atoms with Crippen LogP contribution in [0.2, 0.25) is 0 Å². The molecule has 0 saturated carbocycles. The van der Waals surface area contributed by atoms with Gasteiger partial charge in [0.15, 0.2) is 0 Å². The van der Waals surface area contributed by atoms with Crippen LogP contribution < -0.4 is 5.30 Å². The van der Waals surface area contributed by atoms with Crippen LogP contribution in [-0.4, -0.2) is 15.7 Å². The zero-order chi connectivity index (χ0) is 15.3. The zero-order valence-electron chi connectivity index (χ0n) is 11.2. The van der Waals surface area contributed by atoms with Crippen molar-refractivity contribution >= 4 is 20.3 Å². The third kappa shape index (κ3) is 4.92. The van der Waals surface area contributed by atoms with Crippen LogP contribution in [-0.2, 0) is 20.3 Å². The minimum absolute atomic E-state index is 0.0800. The molecule has 0 aliphatic carbocycles. The molecule has 5 nitrogen and oxygen atoms in total. The molecule has 0 radical (unpaired) electrons. The Labute approximate surface area is 123 Å². The number of benzene rings is 2. The van der Waals surface area contributed by atoms with Crippen LogP contribution in [0.4, 0.5) is 0 Å². The summed E-state index contributed by atoms with van der Waals surface area (Å²) in [7, 11) is -8.08. The van der Waals surface area contributed by atoms with Crippen LogP contribution in [0.1, 0.15) is 5.56 Å². The van der Waals surface area contributed by atoms with Gasteiger partial charge in [0.25, 0.3) is 0 Å². The number of rotatable bonds is 6. The molecule has 2 atom stereocenters. The van der Waals surface area contributed by atoms with Gasteiger partial charge in [-0.15, -0.1) is 0 Å². The summed E-state index contributed by atoms with van der Waals surface area (Å²) in [6.45, 7) is -0.0800. The maximum absolute atomic E-state index is 12.2. The fourth-order valence-electron chi connectivity index (χ4n) is 1.78. The van der Waals surface area contributed by atoms with E-state index >= 15 is 0 Å². The maximum atomic E-state index is 12.2. The second-order valence-electron chi connectivity index (χ2n) is 4.58. The molecule has 0 bridgehead atoms. The molecule has 2 aromatic carbocycles. The average molecular weight is 326 g/mol. The van der Waals surface area contributed by atoms with Gasteiger partial charge in [-0.1, -0.05) is 48.5 Å². The molecule has 2 unspecified atom stereocenters. The summed E-state index contributed by atoms with van der Waals surface area (Å²) in [5.74, 6) is -0.795. The van der Waals surface area contributed by atoms with Gasteiger partial charge in [-0.05, 0) is 17.7 Å². The molecular weight excluding hydrogens is 310 g/mol. The van der Waals surface area contributed by atoms with Crippen LogP contribution in [0.15, 0.2) is 60.7 Å². The lowest BCUT2D eigenvalue weighted by molar-refractivity contribution is 0.253. The van der Waals surface area contributed by atoms with E-state index < -0.39 is 20.9 Å². The van der Waals surface area contributed by atoms with Crippen LogP contribution in [0.3, 0.4) is 0 Å². The molecule has 0 aromatic heterocycles. The van der Waals surface area contributed by atoms with Crippen molar-refractivity contribution in [1.29, 1.82) is 0 Å². The van der Waals surface area contributed by atoms with Crippen LogP contribution >= 0.6 is 15.0 Å². The predicted molar refractivity (Wildman–Crippen MR) is 81.8 cm³/mol. The third-order valence-electron chi connectivity index (χ3n) is 2.81. The van der Waals surface area contributed by atoms with Crippen LogP contribution in [0.5, 0.6) is 0 Å². The van der Waals surface area contributed by atoms with E-state index in [1.54, 1.807) is 42.5 Å². The van der Waals surface area contributed by atoms with Crippen molar-refractivity contribution in [2.24, 2.45) is 0 Å². The van der Waals surface area contributed by atoms with Crippen molar-refractivity contribution in [1.82, 2.24) is 0 Å². The molecule has 0 spiro atoms. The third-order valence-corrected chi connectivity index (χ3v) is 7.41. The Morgan fingerprint density at radius 3 is 1.95 bits per heavy atom. The SMILES string of the molecule is O=P(O)(CP(=O)(O)c1ccccc1)OCc1ccccc1. The van der Waals surface area contributed by atoms with E-state index in [2.05, 4.69) is 0 Å². The average Bonchev–Trinajstić information content (AvgIpc) is 2.46. The van der Waals surface area contributed by atoms with E-state index in [0.29, 0.717) is 0 Å². The van der Waals surface area contributed by atoms with E-state index in [1.807, 2.05) is 6.07 Å². The maximum Gasteiger partial charge on any atom is 0.338 e. The van der Waals surface area contributed by atoms with Crippen LogP contribution in [0.25, 0.3) is 0 Å². The van der Waals surface area contributed by atoms with Gasteiger partial charge in [-0.3, -0.25) is 9.13 Å². The standard InChI is InChI=1S/C14H16O5P2/c15-20(16,14-9-5-2-6-10-14)12-21(17,18)19-11-13-7-3-1-4-8-13/h1-10H,11-12H2,(H,15,16)(H,17,18). The van der Waals surface area contributed by atoms with Gasteiger partial charge in [-0.25, -0.2) is 0 Å². The van der Waals surface area contributed by atoms with Gasteiger partial charge >= 0.3 is 7.60 Å². The molecule has 2 N–H and O–H groups in total. The van der Waals surface area contributed by atoms with Crippen molar-refractivity contribution in [3.8, 4) is 0 Å². The summed E-state index contributed by atoms with van der Waals surface area (Å²) >= 11 is 0. The number of hydrogen-bond donors (Lipinski definition) is 2. The summed E-state index contributed by atoms with van der Waals surface area (Å²) in [4.78, 5) is 19.7. The molecule has 0 saturated heterocycles. The molecular formula is C14H16O5P2. The lowest BCUT2D eigenvalue weighted by atomic mass is 10.2. The van der Waals surface area contributed by atoms with E-state index in [9.17, 15) is 18.9 Å². The van der Waals surface area contributed by atoms with E-state index in [-0.39, 0.29) is 11.9 Å². The molecule has 7 heteroatoms. The first-order valence-corrected chi connectivity index (χ1v) is 9.87. The zero-order valence-corrected chi connectivity index (χ0v) is 13.0. The second kappa shape index (κ2) is 6.69. The Morgan fingerprint density at radius 1 is 0.857 bits per heavy atom. The molecule has 2 aromatic rings. The molecule has 0 aliphatic rings. The summed E-state index contributed by atoms with van der Waals surface area (Å²) in [5.41, 5.74) is 0.722. The first kappa shape index (κ1) is 16.2. The van der Waals surface area contributed by atoms with Crippen molar-refractivity contribution in [3.05, 3.63) is 66.2 Å². The lowest BCUT2D eigenvalue weighted by Gasteiger charge is -2.16. The minimum atomic E-state index is -4.16. The van der Waals surface area contributed by atoms with Crippen molar-refractivity contribution in [3.63, 3.8) is 0 Å². The summed E-state index contributed by atoms with van der Waals surface area (Å²) < 4.78 is 29.1. The Morgan fingerprint density at radius 2 is 1.38 bits per heavy atom. The van der Waals surface area contributed by atoms with Gasteiger partial charge in [0.05, 0.1) is 6.61 Å². The van der Waals surface area contributed by atoms with E-state index in [4.69, 9.17) is 4.52 Å². The van der Waals surface area contributed by atoms with Gasteiger partial charge < -0.3 is 14.3 Å². The van der Waals surface area contributed by atoms with Crippen LogP contribution in [0, 0.1) is 0 Å². The predicted octanol–water partition coefficient (Wildman–Crippen LogP) is 2.94. The van der Waals surface area contributed by atoms with E-state index in [0.717, 1.165) is 5.56 Å². The van der Waals surface area contributed by atoms with Gasteiger partial charge in [0.2, 0.25) is 7.37 Å². The summed E-state index contributed by atoms with van der Waals surface area (Å²) in [5, 5.41) is 0.141. The first-order valence-electron chi connectivity index (χ1n) is 6.27. The van der Waals surface area contributed by atoms with E-state index in [1.165, 1.54) is 12.1 Å². The molecule has 0 heterocycles. The van der Waals surface area contributed by atoms with Gasteiger partial charge in [-0.2, -0.15) is 0 Å². The Hall–Kier alpha value is -1.22. The second-order valence-corrected chi connectivity index (χ2v) is 9.16. The quantitative estimate of drug-likeness (QED) is 0.798. The lowest BCUT2D eigenvalue weighted by Crippen LogP contribution is -2.08. The normalized spacial score (nSPS) is 16.9. The molecule has 2 rings (SSSR count). The van der Waals surface area contributed by atoms with Crippen molar-refractivity contribution in [2.45, 2.75) is 6.61 Å². The molecule has 0 fully saturated rings. The van der Waals surface area contributed by atoms with Crippen molar-refractivity contribution in [2.75, 3.05) is 5.90 Å². The van der Waals surface area contributed by atoms with Crippen molar-refractivity contribution < 1.29 is 23.4 Å². The highest BCUT2D eigenvalue weighted by molar-refractivity contribution is 7.77. The minimum Gasteiger partial charge on any atom is -0.341 e. The molecule has 112 valence electrons. The highest BCUT2D eigenvalue weighted by atomic mass is 31.2. The largest absolute Gasteiger partial charge is 0.341 e. The topological polar surface area (TPSA) is 83.8 Å². The van der Waals surface area contributed by atoms with Gasteiger partial charge in [0.1, 0.15) is 5.90 Å². The fourth-order valence-corrected chi connectivity index (χ4v) is 5.68. The first-order chi connectivity index (χ1) is 9.89. The Kier molecular flexibility index (Phi) is 5.15. The number of hydrogen-bond acceptors (Lipinski definition) is 3.